The van der Waals surface area contributed by atoms with Crippen molar-refractivity contribution in [3.05, 3.63) is 69.5 Å². The van der Waals surface area contributed by atoms with Gasteiger partial charge in [-0.2, -0.15) is 0 Å². The Labute approximate surface area is 168 Å². The third-order valence-electron chi connectivity index (χ3n) is 4.61. The van der Waals surface area contributed by atoms with Gasteiger partial charge in [-0.25, -0.2) is 4.39 Å². The molecule has 1 saturated heterocycles. The molecule has 1 aliphatic rings. The van der Waals surface area contributed by atoms with E-state index in [1.807, 2.05) is 6.07 Å². The molecule has 0 radical (unpaired) electrons. The van der Waals surface area contributed by atoms with Crippen molar-refractivity contribution in [3.8, 4) is 0 Å². The van der Waals surface area contributed by atoms with E-state index in [1.54, 1.807) is 24.3 Å². The molecule has 1 atom stereocenters. The zero-order valence-electron chi connectivity index (χ0n) is 14.8. The third-order valence-corrected chi connectivity index (χ3v) is 5.32. The number of carbonyl (C=O) groups is 1. The monoisotopic (exact) mass is 410 g/mol. The predicted molar refractivity (Wildman–Crippen MR) is 105 cm³/mol. The number of carbonyl (C=O) groups excluding carboxylic acids is 1. The van der Waals surface area contributed by atoms with Crippen molar-refractivity contribution in [2.75, 3.05) is 32.8 Å². The van der Waals surface area contributed by atoms with Crippen LogP contribution in [-0.2, 0) is 16.0 Å². The van der Waals surface area contributed by atoms with Crippen LogP contribution < -0.4 is 5.32 Å². The normalized spacial score (nSPS) is 16.1. The largest absolute Gasteiger partial charge is 0.379 e. The molecule has 2 aromatic carbocycles. The van der Waals surface area contributed by atoms with Gasteiger partial charge < -0.3 is 10.1 Å². The second-order valence-corrected chi connectivity index (χ2v) is 7.21. The van der Waals surface area contributed by atoms with Crippen molar-refractivity contribution < 1.29 is 13.9 Å². The van der Waals surface area contributed by atoms with E-state index in [2.05, 4.69) is 10.2 Å². The van der Waals surface area contributed by atoms with E-state index in [0.29, 0.717) is 35.4 Å². The van der Waals surface area contributed by atoms with Gasteiger partial charge in [-0.15, -0.1) is 0 Å². The molecule has 1 amide bonds. The van der Waals surface area contributed by atoms with Crippen LogP contribution in [-0.4, -0.2) is 43.7 Å². The van der Waals surface area contributed by atoms with E-state index >= 15 is 0 Å². The van der Waals surface area contributed by atoms with Crippen molar-refractivity contribution in [2.45, 2.75) is 12.5 Å². The second-order valence-electron chi connectivity index (χ2n) is 6.40. The van der Waals surface area contributed by atoms with Crippen LogP contribution in [0.5, 0.6) is 0 Å². The number of amides is 1. The van der Waals surface area contributed by atoms with Gasteiger partial charge in [0.05, 0.1) is 25.7 Å². The van der Waals surface area contributed by atoms with Crippen molar-refractivity contribution in [1.29, 1.82) is 0 Å². The van der Waals surface area contributed by atoms with Crippen LogP contribution in [0.3, 0.4) is 0 Å². The van der Waals surface area contributed by atoms with Gasteiger partial charge in [0.15, 0.2) is 0 Å². The Hall–Kier alpha value is -1.66. The Balaban J connectivity index is 1.69. The molecule has 2 aromatic rings. The summed E-state index contributed by atoms with van der Waals surface area (Å²) in [5.74, 6) is -0.473. The first kappa shape index (κ1) is 20.1. The van der Waals surface area contributed by atoms with Crippen molar-refractivity contribution in [3.63, 3.8) is 0 Å². The lowest BCUT2D eigenvalue weighted by Gasteiger charge is -2.35. The van der Waals surface area contributed by atoms with E-state index in [-0.39, 0.29) is 24.2 Å². The molecule has 1 heterocycles. The van der Waals surface area contributed by atoms with Crippen molar-refractivity contribution in [1.82, 2.24) is 10.2 Å². The van der Waals surface area contributed by atoms with Gasteiger partial charge >= 0.3 is 0 Å². The average molecular weight is 411 g/mol. The second kappa shape index (κ2) is 9.51. The Bertz CT molecular complexity index is 777. The molecule has 3 rings (SSSR count). The molecule has 1 N–H and O–H groups in total. The minimum Gasteiger partial charge on any atom is -0.379 e. The molecule has 0 saturated carbocycles. The summed E-state index contributed by atoms with van der Waals surface area (Å²) in [7, 11) is 0. The molecule has 27 heavy (non-hydrogen) atoms. The Morgan fingerprint density at radius 1 is 1.15 bits per heavy atom. The highest BCUT2D eigenvalue weighted by Crippen LogP contribution is 2.25. The number of benzene rings is 2. The molecule has 1 unspecified atom stereocenters. The van der Waals surface area contributed by atoms with Crippen LogP contribution in [0, 0.1) is 5.82 Å². The Morgan fingerprint density at radius 3 is 2.48 bits per heavy atom. The smallest absolute Gasteiger partial charge is 0.224 e. The van der Waals surface area contributed by atoms with Gasteiger partial charge in [0.25, 0.3) is 0 Å². The zero-order chi connectivity index (χ0) is 19.2. The fourth-order valence-corrected chi connectivity index (χ4v) is 3.73. The van der Waals surface area contributed by atoms with Crippen LogP contribution in [0.4, 0.5) is 4.39 Å². The summed E-state index contributed by atoms with van der Waals surface area (Å²) in [5.41, 5.74) is 1.43. The van der Waals surface area contributed by atoms with Gasteiger partial charge in [-0.05, 0) is 35.4 Å². The molecule has 0 bridgehead atoms. The maximum Gasteiger partial charge on any atom is 0.224 e. The lowest BCUT2D eigenvalue weighted by Crippen LogP contribution is -2.44. The summed E-state index contributed by atoms with van der Waals surface area (Å²) < 4.78 is 19.1. The Morgan fingerprint density at radius 2 is 1.81 bits per heavy atom. The molecular formula is C20H21Cl2FN2O2. The molecule has 1 fully saturated rings. The summed E-state index contributed by atoms with van der Waals surface area (Å²) in [6.07, 6.45) is 0.0947. The van der Waals surface area contributed by atoms with Gasteiger partial charge in [0.2, 0.25) is 5.91 Å². The van der Waals surface area contributed by atoms with Gasteiger partial charge in [-0.3, -0.25) is 9.69 Å². The van der Waals surface area contributed by atoms with Crippen molar-refractivity contribution >= 4 is 29.1 Å². The summed E-state index contributed by atoms with van der Waals surface area (Å²) in [5, 5.41) is 3.87. The van der Waals surface area contributed by atoms with E-state index in [1.165, 1.54) is 12.1 Å². The van der Waals surface area contributed by atoms with Crippen LogP contribution in [0.15, 0.2) is 42.5 Å². The number of morpholine rings is 1. The number of hydrogen-bond donors (Lipinski definition) is 1. The number of hydrogen-bond acceptors (Lipinski definition) is 3. The highest BCUT2D eigenvalue weighted by molar-refractivity contribution is 6.36. The SMILES string of the molecule is O=C(Cc1c(Cl)cccc1Cl)NCC(c1cccc(F)c1)N1CCOCC1. The molecule has 144 valence electrons. The van der Waals surface area contributed by atoms with Crippen LogP contribution in [0.2, 0.25) is 10.0 Å². The van der Waals surface area contributed by atoms with E-state index in [4.69, 9.17) is 27.9 Å². The van der Waals surface area contributed by atoms with Gasteiger partial charge in [0, 0.05) is 29.7 Å². The number of ether oxygens (including phenoxy) is 1. The predicted octanol–water partition coefficient (Wildman–Crippen LogP) is 3.86. The number of rotatable bonds is 6. The van der Waals surface area contributed by atoms with Crippen LogP contribution >= 0.6 is 23.2 Å². The Kier molecular flexibility index (Phi) is 7.07. The fourth-order valence-electron chi connectivity index (χ4n) is 3.20. The van der Waals surface area contributed by atoms with E-state index < -0.39 is 0 Å². The zero-order valence-corrected chi connectivity index (χ0v) is 16.3. The average Bonchev–Trinajstić information content (AvgIpc) is 2.66. The summed E-state index contributed by atoms with van der Waals surface area (Å²) in [6, 6.07) is 11.5. The van der Waals surface area contributed by atoms with Crippen molar-refractivity contribution in [2.24, 2.45) is 0 Å². The topological polar surface area (TPSA) is 41.6 Å². The van der Waals surface area contributed by atoms with Gasteiger partial charge in [0.1, 0.15) is 5.82 Å². The number of halogens is 3. The summed E-state index contributed by atoms with van der Waals surface area (Å²) in [4.78, 5) is 14.7. The molecular weight excluding hydrogens is 390 g/mol. The molecule has 4 nitrogen and oxygen atoms in total. The quantitative estimate of drug-likeness (QED) is 0.785. The first-order chi connectivity index (χ1) is 13.0. The lowest BCUT2D eigenvalue weighted by molar-refractivity contribution is -0.120. The van der Waals surface area contributed by atoms with E-state index in [0.717, 1.165) is 18.7 Å². The summed E-state index contributed by atoms with van der Waals surface area (Å²) in [6.45, 7) is 3.06. The molecule has 0 aliphatic carbocycles. The molecule has 0 spiro atoms. The minimum absolute atomic E-state index is 0.0947. The lowest BCUT2D eigenvalue weighted by atomic mass is 10.0. The highest BCUT2D eigenvalue weighted by Gasteiger charge is 2.24. The maximum absolute atomic E-state index is 13.7. The maximum atomic E-state index is 13.7. The molecule has 0 aromatic heterocycles. The number of nitrogens with one attached hydrogen (secondary N) is 1. The number of nitrogens with zero attached hydrogens (tertiary/aromatic N) is 1. The standard InChI is InChI=1S/C20H21Cl2FN2O2/c21-17-5-2-6-18(22)16(17)12-20(26)24-13-19(25-7-9-27-10-8-25)14-3-1-4-15(23)11-14/h1-6,11,19H,7-10,12-13H2,(H,24,26). The van der Waals surface area contributed by atoms with Crippen LogP contribution in [0.25, 0.3) is 0 Å². The third kappa shape index (κ3) is 5.42. The van der Waals surface area contributed by atoms with Gasteiger partial charge in [-0.1, -0.05) is 41.4 Å². The fraction of sp³-hybridized carbons (Fsp3) is 0.350. The first-order valence-corrected chi connectivity index (χ1v) is 9.57. The summed E-state index contributed by atoms with van der Waals surface area (Å²) >= 11 is 12.3. The van der Waals surface area contributed by atoms with E-state index in [9.17, 15) is 9.18 Å². The highest BCUT2D eigenvalue weighted by atomic mass is 35.5. The van der Waals surface area contributed by atoms with Crippen LogP contribution in [0.1, 0.15) is 17.2 Å². The molecule has 7 heteroatoms. The minimum atomic E-state index is -0.292. The first-order valence-electron chi connectivity index (χ1n) is 8.81. The molecule has 1 aliphatic heterocycles.